The predicted octanol–water partition coefficient (Wildman–Crippen LogP) is 2.85. The highest BCUT2D eigenvalue weighted by atomic mass is 35.5. The minimum Gasteiger partial charge on any atom is -0.347 e. The van der Waals surface area contributed by atoms with Crippen molar-refractivity contribution < 1.29 is 4.79 Å². The Labute approximate surface area is 128 Å². The van der Waals surface area contributed by atoms with Gasteiger partial charge in [-0.15, -0.1) is 0 Å². The summed E-state index contributed by atoms with van der Waals surface area (Å²) in [5, 5.41) is 3.28. The van der Waals surface area contributed by atoms with Crippen molar-refractivity contribution in [2.75, 3.05) is 24.3 Å². The van der Waals surface area contributed by atoms with Crippen LogP contribution in [0.5, 0.6) is 0 Å². The zero-order chi connectivity index (χ0) is 15.2. The summed E-state index contributed by atoms with van der Waals surface area (Å²) in [5.41, 5.74) is 1.32. The van der Waals surface area contributed by atoms with Crippen molar-refractivity contribution in [1.29, 1.82) is 0 Å². The lowest BCUT2D eigenvalue weighted by atomic mass is 10.2. The molecule has 0 saturated heterocycles. The summed E-state index contributed by atoms with van der Waals surface area (Å²) >= 11 is 6.01. The fourth-order valence-electron chi connectivity index (χ4n) is 1.58. The molecule has 2 aromatic rings. The molecule has 21 heavy (non-hydrogen) atoms. The number of hydrogen-bond donors (Lipinski definition) is 1. The van der Waals surface area contributed by atoms with Crippen molar-refractivity contribution in [3.63, 3.8) is 0 Å². The molecule has 1 aromatic heterocycles. The van der Waals surface area contributed by atoms with E-state index in [2.05, 4.69) is 15.3 Å². The molecule has 0 unspecified atom stereocenters. The molecule has 1 amide bonds. The van der Waals surface area contributed by atoms with Crippen LogP contribution in [0.25, 0.3) is 6.08 Å². The zero-order valence-electron chi connectivity index (χ0n) is 11.7. The highest BCUT2D eigenvalue weighted by Crippen LogP contribution is 2.16. The van der Waals surface area contributed by atoms with Gasteiger partial charge in [0.05, 0.1) is 18.1 Å². The molecule has 0 aliphatic carbocycles. The number of carbonyl (C=O) groups excluding carboxylic acids is 1. The first-order chi connectivity index (χ1) is 10.1. The number of carbonyl (C=O) groups is 1. The quantitative estimate of drug-likeness (QED) is 0.882. The molecule has 0 atom stereocenters. The molecule has 1 aromatic carbocycles. The van der Waals surface area contributed by atoms with Crippen LogP contribution in [0, 0.1) is 0 Å². The Kier molecular flexibility index (Phi) is 4.90. The van der Waals surface area contributed by atoms with E-state index in [0.717, 1.165) is 5.56 Å². The molecule has 0 spiro atoms. The van der Waals surface area contributed by atoms with Gasteiger partial charge in [-0.2, -0.15) is 0 Å². The van der Waals surface area contributed by atoms with Gasteiger partial charge in [0.1, 0.15) is 0 Å². The van der Waals surface area contributed by atoms with E-state index in [1.54, 1.807) is 29.4 Å². The van der Waals surface area contributed by atoms with Crippen molar-refractivity contribution >= 4 is 35.2 Å². The molecule has 108 valence electrons. The number of rotatable bonds is 4. The van der Waals surface area contributed by atoms with Crippen molar-refractivity contribution in [3.8, 4) is 0 Å². The van der Waals surface area contributed by atoms with Crippen molar-refractivity contribution in [2.45, 2.75) is 0 Å². The van der Waals surface area contributed by atoms with E-state index in [4.69, 9.17) is 11.6 Å². The number of nitrogens with zero attached hydrogens (tertiary/aromatic N) is 3. The van der Waals surface area contributed by atoms with Crippen LogP contribution < -0.4 is 10.2 Å². The van der Waals surface area contributed by atoms with Crippen molar-refractivity contribution in [3.05, 3.63) is 53.3 Å². The van der Waals surface area contributed by atoms with Gasteiger partial charge in [-0.1, -0.05) is 29.8 Å². The van der Waals surface area contributed by atoms with Gasteiger partial charge >= 0.3 is 0 Å². The average Bonchev–Trinajstić information content (AvgIpc) is 2.47. The Morgan fingerprint density at radius 1 is 1.24 bits per heavy atom. The molecule has 1 heterocycles. The maximum Gasteiger partial charge on any atom is 0.248 e. The van der Waals surface area contributed by atoms with Gasteiger partial charge in [-0.3, -0.25) is 4.79 Å². The second-order valence-electron chi connectivity index (χ2n) is 4.51. The first-order valence-electron chi connectivity index (χ1n) is 6.29. The third kappa shape index (κ3) is 4.29. The number of aromatic nitrogens is 2. The van der Waals surface area contributed by atoms with Crippen molar-refractivity contribution in [1.82, 2.24) is 9.97 Å². The summed E-state index contributed by atoms with van der Waals surface area (Å²) < 4.78 is 0. The van der Waals surface area contributed by atoms with E-state index in [9.17, 15) is 4.79 Å². The SMILES string of the molecule is CN(C)c1ncc(NC(=O)/C=C/c2ccccc2Cl)cn1. The number of halogens is 1. The molecular formula is C15H15ClN4O. The minimum absolute atomic E-state index is 0.267. The third-order valence-corrected chi connectivity index (χ3v) is 2.97. The Balaban J connectivity index is 2.00. The van der Waals surface area contributed by atoms with E-state index in [0.29, 0.717) is 16.7 Å². The topological polar surface area (TPSA) is 58.1 Å². The molecule has 0 saturated carbocycles. The normalized spacial score (nSPS) is 10.6. The first kappa shape index (κ1) is 15.0. The third-order valence-electron chi connectivity index (χ3n) is 2.63. The van der Waals surface area contributed by atoms with Gasteiger partial charge in [0.15, 0.2) is 0 Å². The van der Waals surface area contributed by atoms with Gasteiger partial charge in [0.2, 0.25) is 11.9 Å². The van der Waals surface area contributed by atoms with E-state index in [-0.39, 0.29) is 5.91 Å². The molecule has 0 fully saturated rings. The predicted molar refractivity (Wildman–Crippen MR) is 85.5 cm³/mol. The van der Waals surface area contributed by atoms with Gasteiger partial charge < -0.3 is 10.2 Å². The van der Waals surface area contributed by atoms with Crippen molar-refractivity contribution in [2.24, 2.45) is 0 Å². The number of benzene rings is 1. The number of hydrogen-bond acceptors (Lipinski definition) is 4. The second kappa shape index (κ2) is 6.85. The van der Waals surface area contributed by atoms with Crippen LogP contribution in [0.15, 0.2) is 42.7 Å². The summed E-state index contributed by atoms with van der Waals surface area (Å²) in [6.45, 7) is 0. The lowest BCUT2D eigenvalue weighted by molar-refractivity contribution is -0.111. The van der Waals surface area contributed by atoms with Gasteiger partial charge in [0, 0.05) is 25.2 Å². The largest absolute Gasteiger partial charge is 0.347 e. The fraction of sp³-hybridized carbons (Fsp3) is 0.133. The van der Waals surface area contributed by atoms with Crippen LogP contribution >= 0.6 is 11.6 Å². The van der Waals surface area contributed by atoms with Crippen LogP contribution in [0.2, 0.25) is 5.02 Å². The van der Waals surface area contributed by atoms with E-state index in [1.807, 2.05) is 32.3 Å². The summed E-state index contributed by atoms with van der Waals surface area (Å²) in [6.07, 6.45) is 6.20. The molecule has 6 heteroatoms. The Hall–Kier alpha value is -2.40. The molecular weight excluding hydrogens is 288 g/mol. The summed E-state index contributed by atoms with van der Waals surface area (Å²) in [7, 11) is 3.69. The van der Waals surface area contributed by atoms with E-state index < -0.39 is 0 Å². The number of nitrogens with one attached hydrogen (secondary N) is 1. The average molecular weight is 303 g/mol. The lowest BCUT2D eigenvalue weighted by Crippen LogP contribution is -2.13. The van der Waals surface area contributed by atoms with Gasteiger partial charge in [-0.05, 0) is 17.7 Å². The van der Waals surface area contributed by atoms with Crippen LogP contribution in [0.1, 0.15) is 5.56 Å². The highest BCUT2D eigenvalue weighted by molar-refractivity contribution is 6.32. The monoisotopic (exact) mass is 302 g/mol. The summed E-state index contributed by atoms with van der Waals surface area (Å²) in [6, 6.07) is 7.30. The number of anilines is 2. The Morgan fingerprint density at radius 3 is 2.52 bits per heavy atom. The molecule has 0 aliphatic heterocycles. The molecule has 0 radical (unpaired) electrons. The minimum atomic E-state index is -0.267. The lowest BCUT2D eigenvalue weighted by Gasteiger charge is -2.09. The summed E-state index contributed by atoms with van der Waals surface area (Å²) in [4.78, 5) is 21.8. The molecule has 0 bridgehead atoms. The van der Waals surface area contributed by atoms with Crippen LogP contribution in [-0.2, 0) is 4.79 Å². The summed E-state index contributed by atoms with van der Waals surface area (Å²) in [5.74, 6) is 0.315. The van der Waals surface area contributed by atoms with Crippen LogP contribution in [0.3, 0.4) is 0 Å². The second-order valence-corrected chi connectivity index (χ2v) is 4.92. The maximum atomic E-state index is 11.8. The first-order valence-corrected chi connectivity index (χ1v) is 6.67. The highest BCUT2D eigenvalue weighted by Gasteiger charge is 2.02. The van der Waals surface area contributed by atoms with E-state index in [1.165, 1.54) is 6.08 Å². The fourth-order valence-corrected chi connectivity index (χ4v) is 1.78. The smallest absolute Gasteiger partial charge is 0.248 e. The maximum absolute atomic E-state index is 11.8. The molecule has 1 N–H and O–H groups in total. The van der Waals surface area contributed by atoms with Crippen LogP contribution in [0.4, 0.5) is 11.6 Å². The molecule has 2 rings (SSSR count). The molecule has 0 aliphatic rings. The number of amides is 1. The Bertz CT molecular complexity index is 653. The van der Waals surface area contributed by atoms with Gasteiger partial charge in [0.25, 0.3) is 0 Å². The Morgan fingerprint density at radius 2 is 1.90 bits per heavy atom. The zero-order valence-corrected chi connectivity index (χ0v) is 12.5. The molecule has 5 nitrogen and oxygen atoms in total. The van der Waals surface area contributed by atoms with Crippen LogP contribution in [-0.4, -0.2) is 30.0 Å². The van der Waals surface area contributed by atoms with E-state index >= 15 is 0 Å². The van der Waals surface area contributed by atoms with Gasteiger partial charge in [-0.25, -0.2) is 9.97 Å². The standard InChI is InChI=1S/C15H15ClN4O/c1-20(2)15-17-9-12(10-18-15)19-14(21)8-7-11-5-3-4-6-13(11)16/h3-10H,1-2H3,(H,19,21)/b8-7+.